The van der Waals surface area contributed by atoms with E-state index in [4.69, 9.17) is 5.26 Å². The summed E-state index contributed by atoms with van der Waals surface area (Å²) in [5.74, 6) is -0.187. The molecule has 0 heterocycles. The minimum atomic E-state index is -0.187. The van der Waals surface area contributed by atoms with E-state index < -0.39 is 0 Å². The molecule has 14 heavy (non-hydrogen) atoms. The average molecular weight is 191 g/mol. The van der Waals surface area contributed by atoms with E-state index in [2.05, 4.69) is 6.58 Å². The molecule has 74 valence electrons. The maximum absolute atomic E-state index is 12.3. The van der Waals surface area contributed by atoms with Crippen LogP contribution in [0.4, 0.5) is 4.39 Å². The molecule has 0 saturated carbocycles. The van der Waals surface area contributed by atoms with E-state index in [1.54, 1.807) is 18.2 Å². The second kappa shape index (κ2) is 8.00. The quantitative estimate of drug-likeness (QED) is 0.656. The first-order chi connectivity index (χ1) is 6.74. The largest absolute Gasteiger partial charge is 0.207 e. The second-order valence-electron chi connectivity index (χ2n) is 2.63. The average Bonchev–Trinajstić information content (AvgIpc) is 2.22. The summed E-state index contributed by atoms with van der Waals surface area (Å²) >= 11 is 0. The second-order valence-corrected chi connectivity index (χ2v) is 2.63. The molecular weight excluding hydrogens is 177 g/mol. The number of hydrogen-bond donors (Lipinski definition) is 0. The first-order valence-electron chi connectivity index (χ1n) is 4.46. The van der Waals surface area contributed by atoms with E-state index in [0.29, 0.717) is 6.42 Å². The Morgan fingerprint density at radius 2 is 1.93 bits per heavy atom. The minimum absolute atomic E-state index is 0.187. The number of benzene rings is 1. The van der Waals surface area contributed by atoms with Gasteiger partial charge in [0.05, 0.1) is 6.07 Å². The van der Waals surface area contributed by atoms with Gasteiger partial charge in [0, 0.05) is 6.42 Å². The highest BCUT2D eigenvalue weighted by Gasteiger charge is 1.88. The lowest BCUT2D eigenvalue weighted by Gasteiger charge is -1.93. The van der Waals surface area contributed by atoms with Crippen molar-refractivity contribution in [2.45, 2.75) is 19.8 Å². The SMILES string of the molecule is C=CCc1ccc(F)cc1.CCC#N. The Labute approximate surface area is 84.5 Å². The fraction of sp³-hybridized carbons (Fsp3) is 0.250. The van der Waals surface area contributed by atoms with Crippen LogP contribution in [0.5, 0.6) is 0 Å². The molecule has 0 N–H and O–H groups in total. The lowest BCUT2D eigenvalue weighted by atomic mass is 10.1. The number of nitrogens with zero attached hydrogens (tertiary/aromatic N) is 1. The predicted octanol–water partition coefficient (Wildman–Crippen LogP) is 3.47. The number of nitriles is 1. The molecule has 1 aromatic rings. The van der Waals surface area contributed by atoms with Gasteiger partial charge in [-0.1, -0.05) is 25.1 Å². The third kappa shape index (κ3) is 5.96. The number of allylic oxidation sites excluding steroid dienone is 1. The molecule has 1 aromatic carbocycles. The molecule has 0 fully saturated rings. The smallest absolute Gasteiger partial charge is 0.123 e. The highest BCUT2D eigenvalue weighted by atomic mass is 19.1. The zero-order chi connectivity index (χ0) is 10.8. The van der Waals surface area contributed by atoms with Crippen LogP contribution in [0.25, 0.3) is 0 Å². The van der Waals surface area contributed by atoms with Crippen LogP contribution in [0.1, 0.15) is 18.9 Å². The standard InChI is InChI=1S/C9H9F.C3H5N/c1-2-3-8-4-6-9(10)7-5-8;1-2-3-4/h2,4-7H,1,3H2;2H2,1H3. The van der Waals surface area contributed by atoms with Gasteiger partial charge in [-0.25, -0.2) is 4.39 Å². The molecule has 0 aromatic heterocycles. The molecule has 0 saturated heterocycles. The fourth-order valence-electron chi connectivity index (χ4n) is 0.787. The van der Waals surface area contributed by atoms with E-state index in [0.717, 1.165) is 12.0 Å². The van der Waals surface area contributed by atoms with Crippen LogP contribution in [-0.4, -0.2) is 0 Å². The van der Waals surface area contributed by atoms with Crippen LogP contribution in [0.2, 0.25) is 0 Å². The summed E-state index contributed by atoms with van der Waals surface area (Å²) in [5.41, 5.74) is 1.09. The monoisotopic (exact) mass is 191 g/mol. The number of rotatable bonds is 2. The van der Waals surface area contributed by atoms with Gasteiger partial charge in [-0.05, 0) is 24.1 Å². The van der Waals surface area contributed by atoms with Gasteiger partial charge in [0.15, 0.2) is 0 Å². The van der Waals surface area contributed by atoms with E-state index in [1.165, 1.54) is 12.1 Å². The molecule has 0 unspecified atom stereocenters. The van der Waals surface area contributed by atoms with E-state index in [1.807, 2.05) is 13.0 Å². The van der Waals surface area contributed by atoms with Crippen molar-refractivity contribution in [3.8, 4) is 6.07 Å². The van der Waals surface area contributed by atoms with Crippen LogP contribution in [0.15, 0.2) is 36.9 Å². The molecule has 0 aliphatic rings. The molecule has 2 heteroatoms. The maximum Gasteiger partial charge on any atom is 0.123 e. The molecule has 0 bridgehead atoms. The highest BCUT2D eigenvalue weighted by Crippen LogP contribution is 2.02. The summed E-state index contributed by atoms with van der Waals surface area (Å²) in [6, 6.07) is 8.37. The van der Waals surface area contributed by atoms with Crippen molar-refractivity contribution in [1.82, 2.24) is 0 Å². The van der Waals surface area contributed by atoms with E-state index >= 15 is 0 Å². The third-order valence-electron chi connectivity index (χ3n) is 1.45. The Hall–Kier alpha value is -1.62. The van der Waals surface area contributed by atoms with Crippen molar-refractivity contribution in [1.29, 1.82) is 5.26 Å². The van der Waals surface area contributed by atoms with Gasteiger partial charge in [0.2, 0.25) is 0 Å². The van der Waals surface area contributed by atoms with Crippen LogP contribution in [0.3, 0.4) is 0 Å². The fourth-order valence-corrected chi connectivity index (χ4v) is 0.787. The number of hydrogen-bond acceptors (Lipinski definition) is 1. The van der Waals surface area contributed by atoms with Gasteiger partial charge < -0.3 is 0 Å². The topological polar surface area (TPSA) is 23.8 Å². The summed E-state index contributed by atoms with van der Waals surface area (Å²) in [6.07, 6.45) is 3.23. The lowest BCUT2D eigenvalue weighted by molar-refractivity contribution is 0.627. The van der Waals surface area contributed by atoms with Crippen molar-refractivity contribution in [3.05, 3.63) is 48.3 Å². The van der Waals surface area contributed by atoms with Gasteiger partial charge in [0.1, 0.15) is 5.82 Å². The van der Waals surface area contributed by atoms with Gasteiger partial charge in [0.25, 0.3) is 0 Å². The summed E-state index contributed by atoms with van der Waals surface area (Å²) in [4.78, 5) is 0. The molecule has 0 radical (unpaired) electrons. The van der Waals surface area contributed by atoms with Gasteiger partial charge in [-0.3, -0.25) is 0 Å². The van der Waals surface area contributed by atoms with E-state index in [9.17, 15) is 4.39 Å². The zero-order valence-electron chi connectivity index (χ0n) is 8.33. The van der Waals surface area contributed by atoms with Crippen molar-refractivity contribution in [3.63, 3.8) is 0 Å². The van der Waals surface area contributed by atoms with Crippen molar-refractivity contribution < 1.29 is 4.39 Å². The molecular formula is C12H14FN. The summed E-state index contributed by atoms with van der Waals surface area (Å²) in [7, 11) is 0. The Kier molecular flexibility index (Phi) is 7.07. The number of halogens is 1. The predicted molar refractivity (Wildman–Crippen MR) is 56.2 cm³/mol. The molecule has 0 spiro atoms. The van der Waals surface area contributed by atoms with Crippen LogP contribution in [-0.2, 0) is 6.42 Å². The molecule has 0 atom stereocenters. The molecule has 1 rings (SSSR count). The normalized spacial score (nSPS) is 8.07. The first-order valence-corrected chi connectivity index (χ1v) is 4.46. The first kappa shape index (κ1) is 12.4. The summed E-state index contributed by atoms with van der Waals surface area (Å²) in [6.45, 7) is 5.40. The van der Waals surface area contributed by atoms with Crippen molar-refractivity contribution in [2.24, 2.45) is 0 Å². The molecule has 0 aliphatic heterocycles. The van der Waals surface area contributed by atoms with Crippen LogP contribution in [0, 0.1) is 17.1 Å². The van der Waals surface area contributed by atoms with Gasteiger partial charge >= 0.3 is 0 Å². The molecule has 0 amide bonds. The van der Waals surface area contributed by atoms with E-state index in [-0.39, 0.29) is 5.82 Å². The van der Waals surface area contributed by atoms with Gasteiger partial charge in [-0.2, -0.15) is 5.26 Å². The zero-order valence-corrected chi connectivity index (χ0v) is 8.33. The highest BCUT2D eigenvalue weighted by molar-refractivity contribution is 5.17. The maximum atomic E-state index is 12.3. The van der Waals surface area contributed by atoms with Gasteiger partial charge in [-0.15, -0.1) is 6.58 Å². The van der Waals surface area contributed by atoms with Crippen LogP contribution >= 0.6 is 0 Å². The Morgan fingerprint density at radius 1 is 1.43 bits per heavy atom. The van der Waals surface area contributed by atoms with Crippen LogP contribution < -0.4 is 0 Å². The van der Waals surface area contributed by atoms with Crippen molar-refractivity contribution in [2.75, 3.05) is 0 Å². The molecule has 1 nitrogen and oxygen atoms in total. The Morgan fingerprint density at radius 3 is 2.29 bits per heavy atom. The Balaban J connectivity index is 0.000000364. The van der Waals surface area contributed by atoms with Crippen molar-refractivity contribution >= 4 is 0 Å². The minimum Gasteiger partial charge on any atom is -0.207 e. The third-order valence-corrected chi connectivity index (χ3v) is 1.45. The summed E-state index contributed by atoms with van der Waals surface area (Å²) in [5, 5.41) is 7.62. The summed E-state index contributed by atoms with van der Waals surface area (Å²) < 4.78 is 12.3. The molecule has 0 aliphatic carbocycles. The Bertz CT molecular complexity index is 295. The lowest BCUT2D eigenvalue weighted by Crippen LogP contribution is -1.79.